The fourth-order valence-corrected chi connectivity index (χ4v) is 8.31. The van der Waals surface area contributed by atoms with E-state index in [4.69, 9.17) is 14.0 Å². The molecule has 3 aromatic rings. The third-order valence-corrected chi connectivity index (χ3v) is 11.9. The summed E-state index contributed by atoms with van der Waals surface area (Å²) in [6.45, 7) is 9.90. The quantitative estimate of drug-likeness (QED) is 0.0447. The van der Waals surface area contributed by atoms with E-state index in [1.807, 2.05) is 103 Å². The number of nitrogens with zero attached hydrogens (tertiary/aromatic N) is 3. The summed E-state index contributed by atoms with van der Waals surface area (Å²) in [5, 5.41) is 13.8. The minimum absolute atomic E-state index is 0. The normalized spacial score (nSPS) is 14.9. The van der Waals surface area contributed by atoms with E-state index in [1.165, 1.54) is 4.90 Å². The Morgan fingerprint density at radius 2 is 1.59 bits per heavy atom. The Morgan fingerprint density at radius 3 is 2.13 bits per heavy atom. The standard InChI is InChI=1S/C41H59N6O9PS2.2Na.2H/c1-7-14-36(56-57(51,52)53)55-35(34(22-31-17-12-9-13-18-31)44-41(50)54-26-47-19-20-58-27-47)23-32(21-30-15-10-8-11-16-30)42-38(48)37(28(2)3)45-40(49)46(6)24-33-25-59-39(43-33)29(4)5;;;;/h8-13,15-20,25,28-29,32,34-37H,7,14,21-24,26-27H2,1-6H3,(H,42,48)(H,44,50)(H,45,49)(H2,51,52,53);;;;/t32-,34-,35-,36?,37-;;;;/m0..../s1. The molecule has 2 aromatic carbocycles. The van der Waals surface area contributed by atoms with Crippen molar-refractivity contribution in [2.24, 2.45) is 5.92 Å². The number of thioether (sulfide) groups is 1. The number of hydrogen-bond acceptors (Lipinski definition) is 11. The minimum atomic E-state index is -5.01. The third kappa shape index (κ3) is 20.2. The Hall–Kier alpha value is -1.96. The number of hydrogen-bond donors (Lipinski definition) is 5. The second kappa shape index (κ2) is 28.1. The predicted octanol–water partition coefficient (Wildman–Crippen LogP) is 5.65. The van der Waals surface area contributed by atoms with Crippen molar-refractivity contribution in [2.75, 3.05) is 19.7 Å². The number of alkyl carbamates (subject to hydrolysis) is 1. The molecule has 5 atom stereocenters. The van der Waals surface area contributed by atoms with Crippen LogP contribution in [0.3, 0.4) is 0 Å². The van der Waals surface area contributed by atoms with Crippen molar-refractivity contribution in [1.29, 1.82) is 0 Å². The van der Waals surface area contributed by atoms with Gasteiger partial charge in [-0.2, -0.15) is 0 Å². The SMILES string of the molecule is CCCC(O[C@@H](C[C@H](Cc1ccccc1)NC(=O)[C@@H](NC(=O)N(C)Cc1csc(C(C)C)n1)C(C)C)[C@H](Cc1ccccc1)NC(=O)OCN1C=CSC1)OP(=O)(O)O.[NaH].[NaH]. The van der Waals surface area contributed by atoms with E-state index in [9.17, 15) is 28.7 Å². The first-order valence-corrected chi connectivity index (χ1v) is 23.2. The van der Waals surface area contributed by atoms with Crippen LogP contribution in [-0.4, -0.2) is 152 Å². The molecule has 2 heterocycles. The molecular formula is C41H61N6Na2O9PS2. The first kappa shape index (κ1) is 55.2. The molecule has 4 rings (SSSR count). The summed E-state index contributed by atoms with van der Waals surface area (Å²) in [6.07, 6.45) is 0.00740. The second-order valence-electron chi connectivity index (χ2n) is 15.1. The molecular weight excluding hydrogens is 862 g/mol. The second-order valence-corrected chi connectivity index (χ2v) is 18.1. The Kier molecular flexibility index (Phi) is 25.4. The van der Waals surface area contributed by atoms with Gasteiger partial charge in [0.15, 0.2) is 13.0 Å². The summed E-state index contributed by atoms with van der Waals surface area (Å²) in [4.78, 5) is 68.9. The molecule has 0 spiro atoms. The van der Waals surface area contributed by atoms with Gasteiger partial charge in [0.05, 0.1) is 35.3 Å². The molecule has 0 fully saturated rings. The summed E-state index contributed by atoms with van der Waals surface area (Å²) in [5.74, 6) is 0.157. The fourth-order valence-electron chi connectivity index (χ4n) is 6.33. The molecule has 0 radical (unpaired) electrons. The zero-order chi connectivity index (χ0) is 43.0. The Labute approximate surface area is 412 Å². The Bertz CT molecular complexity index is 1840. The predicted molar refractivity (Wildman–Crippen MR) is 244 cm³/mol. The number of phosphoric ester groups is 1. The van der Waals surface area contributed by atoms with Crippen LogP contribution in [-0.2, 0) is 42.7 Å². The molecule has 0 aliphatic carbocycles. The number of urea groups is 1. The van der Waals surface area contributed by atoms with Crippen LogP contribution in [0, 0.1) is 5.92 Å². The van der Waals surface area contributed by atoms with Crippen LogP contribution >= 0.6 is 30.9 Å². The molecule has 0 saturated heterocycles. The summed E-state index contributed by atoms with van der Waals surface area (Å²) in [5.41, 5.74) is 2.50. The zero-order valence-corrected chi connectivity index (χ0v) is 37.1. The van der Waals surface area contributed by atoms with Gasteiger partial charge >= 0.3 is 79.1 Å². The van der Waals surface area contributed by atoms with Crippen molar-refractivity contribution in [3.05, 3.63) is 99.5 Å². The zero-order valence-electron chi connectivity index (χ0n) is 34.6. The first-order chi connectivity index (χ1) is 28.1. The average Bonchev–Trinajstić information content (AvgIpc) is 3.89. The summed E-state index contributed by atoms with van der Waals surface area (Å²) in [6, 6.07) is 16.1. The van der Waals surface area contributed by atoms with E-state index in [1.54, 1.807) is 30.1 Å². The van der Waals surface area contributed by atoms with E-state index < -0.39 is 56.4 Å². The van der Waals surface area contributed by atoms with Crippen LogP contribution < -0.4 is 16.0 Å². The number of nitrogens with one attached hydrogen (secondary N) is 3. The van der Waals surface area contributed by atoms with Crippen LogP contribution in [0.25, 0.3) is 0 Å². The van der Waals surface area contributed by atoms with Crippen LogP contribution in [0.4, 0.5) is 9.59 Å². The molecule has 5 N–H and O–H groups in total. The first-order valence-electron chi connectivity index (χ1n) is 19.8. The summed E-state index contributed by atoms with van der Waals surface area (Å²) in [7, 11) is -3.36. The van der Waals surface area contributed by atoms with E-state index in [-0.39, 0.29) is 103 Å². The van der Waals surface area contributed by atoms with Gasteiger partial charge in [-0.25, -0.2) is 19.1 Å². The van der Waals surface area contributed by atoms with Gasteiger partial charge in [0.25, 0.3) is 0 Å². The van der Waals surface area contributed by atoms with E-state index in [0.717, 1.165) is 21.8 Å². The summed E-state index contributed by atoms with van der Waals surface area (Å²) >= 11 is 3.11. The van der Waals surface area contributed by atoms with Crippen molar-refractivity contribution >= 4 is 108 Å². The van der Waals surface area contributed by atoms with Gasteiger partial charge in [0.2, 0.25) is 5.91 Å². The molecule has 1 aromatic heterocycles. The van der Waals surface area contributed by atoms with Crippen molar-refractivity contribution in [2.45, 2.75) is 110 Å². The van der Waals surface area contributed by atoms with Gasteiger partial charge in [0.1, 0.15) is 6.04 Å². The number of amides is 4. The van der Waals surface area contributed by atoms with E-state index in [0.29, 0.717) is 18.7 Å². The maximum atomic E-state index is 14.3. The number of rotatable bonds is 23. The molecule has 15 nitrogen and oxygen atoms in total. The number of ether oxygens (including phenoxy) is 2. The molecule has 1 aliphatic rings. The van der Waals surface area contributed by atoms with Crippen molar-refractivity contribution in [3.63, 3.8) is 0 Å². The molecule has 20 heteroatoms. The number of thiazole rings is 1. The van der Waals surface area contributed by atoms with Gasteiger partial charge in [-0.05, 0) is 48.1 Å². The van der Waals surface area contributed by atoms with Gasteiger partial charge in [0, 0.05) is 30.6 Å². The topological polar surface area (TPSA) is 192 Å². The molecule has 328 valence electrons. The molecule has 0 saturated carbocycles. The molecule has 0 bridgehead atoms. The number of benzene rings is 2. The number of aromatic nitrogens is 1. The van der Waals surface area contributed by atoms with Crippen LogP contribution in [0.1, 0.15) is 81.6 Å². The maximum absolute atomic E-state index is 14.3. The molecule has 4 amide bonds. The monoisotopic (exact) mass is 922 g/mol. The van der Waals surface area contributed by atoms with Gasteiger partial charge < -0.3 is 45.0 Å². The van der Waals surface area contributed by atoms with Crippen LogP contribution in [0.2, 0.25) is 0 Å². The van der Waals surface area contributed by atoms with E-state index >= 15 is 0 Å². The number of carbonyl (C=O) groups is 3. The number of carbonyl (C=O) groups excluding carboxylic acids is 3. The van der Waals surface area contributed by atoms with Crippen molar-refractivity contribution in [1.82, 2.24) is 30.7 Å². The van der Waals surface area contributed by atoms with E-state index in [2.05, 4.69) is 34.8 Å². The van der Waals surface area contributed by atoms with Crippen LogP contribution in [0.5, 0.6) is 0 Å². The van der Waals surface area contributed by atoms with Crippen molar-refractivity contribution in [3.8, 4) is 0 Å². The van der Waals surface area contributed by atoms with Crippen LogP contribution in [0.15, 0.2) is 77.7 Å². The fraction of sp³-hybridized carbons (Fsp3) is 0.512. The van der Waals surface area contributed by atoms with Crippen molar-refractivity contribution < 1.29 is 42.7 Å². The Balaban J connectivity index is 0.00000641. The summed E-state index contributed by atoms with van der Waals surface area (Å²) < 4.78 is 29.3. The average molecular weight is 923 g/mol. The van der Waals surface area contributed by atoms with Gasteiger partial charge in [-0.3, -0.25) is 9.32 Å². The third-order valence-electron chi connectivity index (χ3n) is 9.35. The number of phosphoric acid groups is 1. The Morgan fingerprint density at radius 1 is 0.951 bits per heavy atom. The van der Waals surface area contributed by atoms with Gasteiger partial charge in [-0.15, -0.1) is 23.1 Å². The molecule has 1 aliphatic heterocycles. The van der Waals surface area contributed by atoms with Gasteiger partial charge in [-0.1, -0.05) is 102 Å². The molecule has 61 heavy (non-hydrogen) atoms. The molecule has 1 unspecified atom stereocenters.